The van der Waals surface area contributed by atoms with Crippen molar-refractivity contribution in [3.63, 3.8) is 0 Å². The summed E-state index contributed by atoms with van der Waals surface area (Å²) in [5.41, 5.74) is -2.06. The van der Waals surface area contributed by atoms with Crippen LogP contribution in [0.15, 0.2) is 53.6 Å². The lowest BCUT2D eigenvalue weighted by molar-refractivity contribution is -0.387. The number of aromatic nitrogens is 2. The SMILES string of the molecule is O=[N+]([O-])c1ccccc1SNc1nc(OCc2cccc(C(F)(F)F)c2F)ncc1F. The molecule has 7 nitrogen and oxygen atoms in total. The molecule has 3 aromatic rings. The van der Waals surface area contributed by atoms with Crippen LogP contribution in [-0.4, -0.2) is 14.9 Å². The molecule has 0 amide bonds. The summed E-state index contributed by atoms with van der Waals surface area (Å²) in [6.07, 6.45) is -4.14. The Morgan fingerprint density at radius 2 is 1.87 bits per heavy atom. The summed E-state index contributed by atoms with van der Waals surface area (Å²) in [7, 11) is 0. The molecule has 0 atom stereocenters. The van der Waals surface area contributed by atoms with Crippen LogP contribution in [0.5, 0.6) is 6.01 Å². The first-order valence-electron chi connectivity index (χ1n) is 8.33. The molecule has 31 heavy (non-hydrogen) atoms. The molecule has 2 aromatic carbocycles. The number of halogens is 5. The molecule has 1 heterocycles. The van der Waals surface area contributed by atoms with E-state index in [-0.39, 0.29) is 10.6 Å². The maximum absolute atomic E-state index is 14.1. The van der Waals surface area contributed by atoms with Crippen LogP contribution in [0.4, 0.5) is 33.5 Å². The van der Waals surface area contributed by atoms with E-state index in [0.717, 1.165) is 18.3 Å². The van der Waals surface area contributed by atoms with Crippen LogP contribution in [0.3, 0.4) is 0 Å². The smallest absolute Gasteiger partial charge is 0.419 e. The molecular weight excluding hydrogens is 447 g/mol. The van der Waals surface area contributed by atoms with Gasteiger partial charge in [0, 0.05) is 11.6 Å². The van der Waals surface area contributed by atoms with Crippen LogP contribution < -0.4 is 9.46 Å². The Bertz CT molecular complexity index is 1110. The van der Waals surface area contributed by atoms with Crippen molar-refractivity contribution >= 4 is 23.5 Å². The number of ether oxygens (including phenoxy) is 1. The fourth-order valence-corrected chi connectivity index (χ4v) is 3.09. The lowest BCUT2D eigenvalue weighted by Crippen LogP contribution is -2.11. The number of nitrogens with zero attached hydrogens (tertiary/aromatic N) is 3. The van der Waals surface area contributed by atoms with Crippen molar-refractivity contribution in [3.05, 3.63) is 81.5 Å². The van der Waals surface area contributed by atoms with Crippen LogP contribution in [0, 0.1) is 21.7 Å². The largest absolute Gasteiger partial charge is 0.458 e. The first kappa shape index (κ1) is 22.2. The van der Waals surface area contributed by atoms with Crippen molar-refractivity contribution in [2.45, 2.75) is 17.7 Å². The molecule has 1 aromatic heterocycles. The van der Waals surface area contributed by atoms with E-state index >= 15 is 0 Å². The van der Waals surface area contributed by atoms with Crippen molar-refractivity contribution in [1.82, 2.24) is 9.97 Å². The van der Waals surface area contributed by atoms with Crippen molar-refractivity contribution in [3.8, 4) is 6.01 Å². The molecule has 0 saturated carbocycles. The van der Waals surface area contributed by atoms with Gasteiger partial charge < -0.3 is 9.46 Å². The maximum Gasteiger partial charge on any atom is 0.419 e. The lowest BCUT2D eigenvalue weighted by atomic mass is 10.1. The van der Waals surface area contributed by atoms with Gasteiger partial charge in [-0.1, -0.05) is 24.3 Å². The first-order chi connectivity index (χ1) is 14.7. The summed E-state index contributed by atoms with van der Waals surface area (Å²) in [4.78, 5) is 17.9. The van der Waals surface area contributed by atoms with Gasteiger partial charge in [-0.05, 0) is 24.1 Å². The van der Waals surface area contributed by atoms with Crippen LogP contribution in [-0.2, 0) is 12.8 Å². The minimum Gasteiger partial charge on any atom is -0.458 e. The van der Waals surface area contributed by atoms with Gasteiger partial charge in [-0.3, -0.25) is 10.1 Å². The van der Waals surface area contributed by atoms with E-state index in [9.17, 15) is 32.1 Å². The first-order valence-corrected chi connectivity index (χ1v) is 9.14. The van der Waals surface area contributed by atoms with Gasteiger partial charge in [-0.2, -0.15) is 18.2 Å². The average molecular weight is 458 g/mol. The van der Waals surface area contributed by atoms with Gasteiger partial charge in [0.25, 0.3) is 5.69 Å². The standard InChI is InChI=1S/C18H11F5N4O3S/c19-12-8-24-17(30-9-10-4-3-5-11(15(10)20)18(21,22)23)25-16(12)26-31-14-7-2-1-6-13(14)27(28)29/h1-8H,9H2,(H,24,25,26). The number of nitro benzene ring substituents is 1. The van der Waals surface area contributed by atoms with E-state index in [4.69, 9.17) is 4.74 Å². The third kappa shape index (κ3) is 5.36. The number of alkyl halides is 3. The fraction of sp³-hybridized carbons (Fsp3) is 0.111. The van der Waals surface area contributed by atoms with Crippen molar-refractivity contribution in [2.75, 3.05) is 4.72 Å². The molecule has 0 saturated heterocycles. The summed E-state index contributed by atoms with van der Waals surface area (Å²) >= 11 is 0.710. The Morgan fingerprint density at radius 1 is 1.13 bits per heavy atom. The number of hydrogen-bond acceptors (Lipinski definition) is 7. The normalized spacial score (nSPS) is 11.3. The zero-order valence-electron chi connectivity index (χ0n) is 15.2. The molecule has 0 aliphatic heterocycles. The Morgan fingerprint density at radius 3 is 2.58 bits per heavy atom. The Balaban J connectivity index is 1.73. The molecule has 0 bridgehead atoms. The molecule has 0 aliphatic rings. The molecule has 0 unspecified atom stereocenters. The van der Waals surface area contributed by atoms with Gasteiger partial charge in [0.15, 0.2) is 11.6 Å². The van der Waals surface area contributed by atoms with Crippen LogP contribution in [0.25, 0.3) is 0 Å². The highest BCUT2D eigenvalue weighted by Crippen LogP contribution is 2.33. The minimum atomic E-state index is -4.87. The molecule has 1 N–H and O–H groups in total. The average Bonchev–Trinajstić information content (AvgIpc) is 2.72. The van der Waals surface area contributed by atoms with Gasteiger partial charge >= 0.3 is 12.2 Å². The second-order valence-electron chi connectivity index (χ2n) is 5.84. The van der Waals surface area contributed by atoms with E-state index in [1.165, 1.54) is 18.2 Å². The summed E-state index contributed by atoms with van der Waals surface area (Å²) in [6.45, 7) is -0.641. The number of hydrogen-bond donors (Lipinski definition) is 1. The van der Waals surface area contributed by atoms with Crippen LogP contribution >= 0.6 is 11.9 Å². The van der Waals surface area contributed by atoms with Crippen LogP contribution in [0.2, 0.25) is 0 Å². The summed E-state index contributed by atoms with van der Waals surface area (Å²) in [6, 6.07) is 7.97. The van der Waals surface area contributed by atoms with E-state index in [1.54, 1.807) is 6.07 Å². The van der Waals surface area contributed by atoms with Crippen molar-refractivity contribution in [2.24, 2.45) is 0 Å². The lowest BCUT2D eigenvalue weighted by Gasteiger charge is -2.12. The monoisotopic (exact) mass is 458 g/mol. The third-order valence-corrected chi connectivity index (χ3v) is 4.64. The predicted molar refractivity (Wildman–Crippen MR) is 100 cm³/mol. The molecule has 3 rings (SSSR count). The highest BCUT2D eigenvalue weighted by atomic mass is 32.2. The quantitative estimate of drug-likeness (QED) is 0.220. The summed E-state index contributed by atoms with van der Waals surface area (Å²) < 4.78 is 74.0. The Kier molecular flexibility index (Phi) is 6.53. The zero-order valence-corrected chi connectivity index (χ0v) is 16.0. The Hall–Kier alpha value is -3.48. The Labute approximate surface area is 175 Å². The van der Waals surface area contributed by atoms with E-state index < -0.39 is 52.3 Å². The number of nitrogens with one attached hydrogen (secondary N) is 1. The topological polar surface area (TPSA) is 90.2 Å². The second kappa shape index (κ2) is 9.12. The summed E-state index contributed by atoms with van der Waals surface area (Å²) in [5.74, 6) is -2.80. The van der Waals surface area contributed by atoms with Crippen LogP contribution in [0.1, 0.15) is 11.1 Å². The molecule has 13 heteroatoms. The minimum absolute atomic E-state index is 0.180. The highest BCUT2D eigenvalue weighted by molar-refractivity contribution is 8.00. The predicted octanol–water partition coefficient (Wildman–Crippen LogP) is 5.38. The zero-order chi connectivity index (χ0) is 22.6. The van der Waals surface area contributed by atoms with E-state index in [1.807, 2.05) is 0 Å². The molecular formula is C18H11F5N4O3S. The second-order valence-corrected chi connectivity index (χ2v) is 6.69. The summed E-state index contributed by atoms with van der Waals surface area (Å²) in [5, 5.41) is 11.0. The van der Waals surface area contributed by atoms with Gasteiger partial charge in [-0.25, -0.2) is 13.8 Å². The van der Waals surface area contributed by atoms with Gasteiger partial charge in [0.1, 0.15) is 17.3 Å². The third-order valence-electron chi connectivity index (χ3n) is 3.78. The number of nitro groups is 1. The number of para-hydroxylation sites is 1. The van der Waals surface area contributed by atoms with Gasteiger partial charge in [0.2, 0.25) is 0 Å². The molecule has 0 aliphatic carbocycles. The maximum atomic E-state index is 14.1. The van der Waals surface area contributed by atoms with Gasteiger partial charge in [0.05, 0.1) is 16.7 Å². The van der Waals surface area contributed by atoms with Crippen molar-refractivity contribution < 1.29 is 31.6 Å². The molecule has 162 valence electrons. The number of benzene rings is 2. The van der Waals surface area contributed by atoms with E-state index in [0.29, 0.717) is 18.0 Å². The van der Waals surface area contributed by atoms with Gasteiger partial charge in [-0.15, -0.1) is 0 Å². The van der Waals surface area contributed by atoms with E-state index in [2.05, 4.69) is 14.7 Å². The fourth-order valence-electron chi connectivity index (χ4n) is 2.34. The molecule has 0 fully saturated rings. The number of anilines is 1. The molecule has 0 radical (unpaired) electrons. The van der Waals surface area contributed by atoms with Crippen molar-refractivity contribution in [1.29, 1.82) is 0 Å². The molecule has 0 spiro atoms. The highest BCUT2D eigenvalue weighted by Gasteiger charge is 2.34. The number of rotatable bonds is 7.